The lowest BCUT2D eigenvalue weighted by Gasteiger charge is -2.26. The van der Waals surface area contributed by atoms with Crippen LogP contribution in [0.3, 0.4) is 0 Å². The van der Waals surface area contributed by atoms with Gasteiger partial charge in [0.15, 0.2) is 11.5 Å². The van der Waals surface area contributed by atoms with Crippen LogP contribution in [-0.4, -0.2) is 62.5 Å². The first-order chi connectivity index (χ1) is 10.5. The van der Waals surface area contributed by atoms with Crippen molar-refractivity contribution < 1.29 is 19.1 Å². The molecule has 120 valence electrons. The van der Waals surface area contributed by atoms with Crippen molar-refractivity contribution >= 4 is 11.8 Å². The zero-order valence-corrected chi connectivity index (χ0v) is 13.5. The lowest BCUT2D eigenvalue weighted by molar-refractivity contribution is -0.132. The Kier molecular flexibility index (Phi) is 4.90. The van der Waals surface area contributed by atoms with Gasteiger partial charge in [-0.2, -0.15) is 0 Å². The summed E-state index contributed by atoms with van der Waals surface area (Å²) >= 11 is 0. The van der Waals surface area contributed by atoms with Crippen LogP contribution >= 0.6 is 0 Å². The van der Waals surface area contributed by atoms with Crippen LogP contribution in [0.25, 0.3) is 0 Å². The lowest BCUT2D eigenvalue weighted by atomic mass is 10.1. The van der Waals surface area contributed by atoms with Crippen LogP contribution in [0.15, 0.2) is 18.2 Å². The van der Waals surface area contributed by atoms with Gasteiger partial charge in [-0.15, -0.1) is 0 Å². The second-order valence-electron chi connectivity index (χ2n) is 5.46. The van der Waals surface area contributed by atoms with E-state index in [0.717, 1.165) is 6.42 Å². The van der Waals surface area contributed by atoms with E-state index in [4.69, 9.17) is 9.47 Å². The Bertz CT molecular complexity index is 571. The van der Waals surface area contributed by atoms with E-state index in [1.54, 1.807) is 44.3 Å². The summed E-state index contributed by atoms with van der Waals surface area (Å²) in [6, 6.07) is 4.66. The predicted molar refractivity (Wildman–Crippen MR) is 82.3 cm³/mol. The molecule has 0 saturated carbocycles. The third-order valence-corrected chi connectivity index (χ3v) is 3.87. The Morgan fingerprint density at radius 1 is 1.18 bits per heavy atom. The quantitative estimate of drug-likeness (QED) is 0.843. The van der Waals surface area contributed by atoms with Gasteiger partial charge in [-0.3, -0.25) is 9.59 Å². The van der Waals surface area contributed by atoms with E-state index in [2.05, 4.69) is 0 Å². The number of carbonyl (C=O) groups excluding carboxylic acids is 2. The van der Waals surface area contributed by atoms with Gasteiger partial charge in [-0.25, -0.2) is 0 Å². The number of likely N-dealkylation sites (N-methyl/N-ethyl adjacent to an activating group) is 1. The second-order valence-corrected chi connectivity index (χ2v) is 5.46. The number of amides is 2. The first-order valence-corrected chi connectivity index (χ1v) is 7.23. The molecular weight excluding hydrogens is 284 g/mol. The van der Waals surface area contributed by atoms with Crippen molar-refractivity contribution in [3.8, 4) is 11.5 Å². The molecule has 1 unspecified atom stereocenters. The Morgan fingerprint density at radius 3 is 2.45 bits per heavy atom. The molecule has 6 heteroatoms. The van der Waals surface area contributed by atoms with E-state index in [0.29, 0.717) is 30.0 Å². The van der Waals surface area contributed by atoms with E-state index in [-0.39, 0.29) is 17.9 Å². The van der Waals surface area contributed by atoms with Crippen molar-refractivity contribution in [2.45, 2.75) is 18.9 Å². The molecule has 2 rings (SSSR count). The van der Waals surface area contributed by atoms with Gasteiger partial charge in [-0.1, -0.05) is 0 Å². The number of rotatable bonds is 4. The molecule has 0 radical (unpaired) electrons. The van der Waals surface area contributed by atoms with Crippen LogP contribution in [-0.2, 0) is 4.79 Å². The standard InChI is InChI=1S/C16H22N2O4/c1-17(2)16(20)12-6-5-9-18(12)15(19)11-7-8-13(21-3)14(10-11)22-4/h7-8,10,12H,5-6,9H2,1-4H3. The third kappa shape index (κ3) is 3.00. The summed E-state index contributed by atoms with van der Waals surface area (Å²) in [6.45, 7) is 0.595. The summed E-state index contributed by atoms with van der Waals surface area (Å²) in [5.41, 5.74) is 0.496. The Morgan fingerprint density at radius 2 is 1.86 bits per heavy atom. The SMILES string of the molecule is COc1ccc(C(=O)N2CCCC2C(=O)N(C)C)cc1OC. The molecule has 1 aliphatic rings. The fraction of sp³-hybridized carbons (Fsp3) is 0.500. The molecule has 2 amide bonds. The zero-order valence-electron chi connectivity index (χ0n) is 13.5. The van der Waals surface area contributed by atoms with Crippen LogP contribution in [0.2, 0.25) is 0 Å². The summed E-state index contributed by atoms with van der Waals surface area (Å²) in [4.78, 5) is 28.1. The Labute approximate surface area is 130 Å². The maximum absolute atomic E-state index is 12.7. The van der Waals surface area contributed by atoms with Crippen LogP contribution in [0, 0.1) is 0 Å². The van der Waals surface area contributed by atoms with Crippen molar-refractivity contribution in [3.05, 3.63) is 23.8 Å². The fourth-order valence-corrected chi connectivity index (χ4v) is 2.70. The number of carbonyl (C=O) groups is 2. The highest BCUT2D eigenvalue weighted by Crippen LogP contribution is 2.29. The van der Waals surface area contributed by atoms with Crippen molar-refractivity contribution in [1.82, 2.24) is 9.80 Å². The van der Waals surface area contributed by atoms with Crippen LogP contribution in [0.5, 0.6) is 11.5 Å². The highest BCUT2D eigenvalue weighted by Gasteiger charge is 2.35. The van der Waals surface area contributed by atoms with Crippen molar-refractivity contribution in [2.75, 3.05) is 34.9 Å². The minimum Gasteiger partial charge on any atom is -0.493 e. The number of ether oxygens (including phenoxy) is 2. The third-order valence-electron chi connectivity index (χ3n) is 3.87. The molecular formula is C16H22N2O4. The van der Waals surface area contributed by atoms with Crippen molar-refractivity contribution in [3.63, 3.8) is 0 Å². The van der Waals surface area contributed by atoms with Crippen LogP contribution in [0.4, 0.5) is 0 Å². The molecule has 1 aliphatic heterocycles. The van der Waals surface area contributed by atoms with E-state index in [1.807, 2.05) is 0 Å². The van der Waals surface area contributed by atoms with Gasteiger partial charge >= 0.3 is 0 Å². The monoisotopic (exact) mass is 306 g/mol. The summed E-state index contributed by atoms with van der Waals surface area (Å²) in [6.07, 6.45) is 1.54. The summed E-state index contributed by atoms with van der Waals surface area (Å²) < 4.78 is 10.4. The van der Waals surface area contributed by atoms with Crippen molar-refractivity contribution in [2.24, 2.45) is 0 Å². The molecule has 1 fully saturated rings. The average molecular weight is 306 g/mol. The molecule has 0 aliphatic carbocycles. The van der Waals surface area contributed by atoms with E-state index < -0.39 is 0 Å². The van der Waals surface area contributed by atoms with Gasteiger partial charge in [0.25, 0.3) is 5.91 Å². The number of methoxy groups -OCH3 is 2. The average Bonchev–Trinajstić information content (AvgIpc) is 3.01. The first-order valence-electron chi connectivity index (χ1n) is 7.23. The molecule has 1 atom stereocenters. The smallest absolute Gasteiger partial charge is 0.254 e. The molecule has 1 aromatic rings. The van der Waals surface area contributed by atoms with Crippen molar-refractivity contribution in [1.29, 1.82) is 0 Å². The zero-order chi connectivity index (χ0) is 16.3. The predicted octanol–water partition coefficient (Wildman–Crippen LogP) is 1.40. The first kappa shape index (κ1) is 16.1. The molecule has 6 nitrogen and oxygen atoms in total. The molecule has 0 aromatic heterocycles. The fourth-order valence-electron chi connectivity index (χ4n) is 2.70. The highest BCUT2D eigenvalue weighted by atomic mass is 16.5. The molecule has 0 spiro atoms. The number of likely N-dealkylation sites (tertiary alicyclic amines) is 1. The van der Waals surface area contributed by atoms with Gasteiger partial charge < -0.3 is 19.3 Å². The molecule has 0 N–H and O–H groups in total. The van der Waals surface area contributed by atoms with Gasteiger partial charge in [0, 0.05) is 26.2 Å². The maximum Gasteiger partial charge on any atom is 0.254 e. The van der Waals surface area contributed by atoms with Gasteiger partial charge in [-0.05, 0) is 31.0 Å². The van der Waals surface area contributed by atoms with Crippen LogP contribution in [0.1, 0.15) is 23.2 Å². The van der Waals surface area contributed by atoms with E-state index in [1.165, 1.54) is 12.0 Å². The molecule has 1 heterocycles. The normalized spacial score (nSPS) is 17.3. The minimum atomic E-state index is -0.379. The lowest BCUT2D eigenvalue weighted by Crippen LogP contribution is -2.45. The van der Waals surface area contributed by atoms with Crippen LogP contribution < -0.4 is 9.47 Å². The summed E-state index contributed by atoms with van der Waals surface area (Å²) in [5, 5.41) is 0. The van der Waals surface area contributed by atoms with Gasteiger partial charge in [0.2, 0.25) is 5.91 Å². The molecule has 1 aromatic carbocycles. The number of hydrogen-bond donors (Lipinski definition) is 0. The van der Waals surface area contributed by atoms with Gasteiger partial charge in [0.1, 0.15) is 6.04 Å². The molecule has 22 heavy (non-hydrogen) atoms. The number of benzene rings is 1. The second kappa shape index (κ2) is 6.68. The number of nitrogens with zero attached hydrogens (tertiary/aromatic N) is 2. The summed E-state index contributed by atoms with van der Waals surface area (Å²) in [7, 11) is 6.49. The van der Waals surface area contributed by atoms with E-state index in [9.17, 15) is 9.59 Å². The molecule has 0 bridgehead atoms. The maximum atomic E-state index is 12.7. The van der Waals surface area contributed by atoms with Gasteiger partial charge in [0.05, 0.1) is 14.2 Å². The summed E-state index contributed by atoms with van der Waals surface area (Å²) in [5.74, 6) is 0.884. The molecule has 1 saturated heterocycles. The highest BCUT2D eigenvalue weighted by molar-refractivity contribution is 5.98. The Balaban J connectivity index is 2.25. The minimum absolute atomic E-state index is 0.0358. The Hall–Kier alpha value is -2.24. The topological polar surface area (TPSA) is 59.1 Å². The van der Waals surface area contributed by atoms with E-state index >= 15 is 0 Å². The number of hydrogen-bond acceptors (Lipinski definition) is 4. The largest absolute Gasteiger partial charge is 0.493 e.